The molecule has 0 saturated carbocycles. The van der Waals surface area contributed by atoms with Crippen LogP contribution in [0.25, 0.3) is 0 Å². The number of nitrogens with one attached hydrogen (secondary N) is 1. The molecule has 0 saturated heterocycles. The average Bonchev–Trinajstić information content (AvgIpc) is 2.85. The molecule has 4 nitrogen and oxygen atoms in total. The summed E-state index contributed by atoms with van der Waals surface area (Å²) in [5.74, 6) is 0.905. The fraction of sp³-hybridized carbons (Fsp3) is 0.545. The molecule has 2 aromatic heterocycles. The van der Waals surface area contributed by atoms with E-state index >= 15 is 0 Å². The van der Waals surface area contributed by atoms with Gasteiger partial charge >= 0.3 is 0 Å². The Morgan fingerprint density at radius 3 is 2.59 bits per heavy atom. The van der Waals surface area contributed by atoms with E-state index in [4.69, 9.17) is 0 Å². The summed E-state index contributed by atoms with van der Waals surface area (Å²) in [6.45, 7) is 8.28. The van der Waals surface area contributed by atoms with E-state index in [1.54, 1.807) is 11.3 Å². The van der Waals surface area contributed by atoms with Crippen LogP contribution in [-0.4, -0.2) is 14.3 Å². The lowest BCUT2D eigenvalue weighted by Gasteiger charge is -2.10. The largest absolute Gasteiger partial charge is 0.353 e. The van der Waals surface area contributed by atoms with Gasteiger partial charge in [0.15, 0.2) is 0 Å². The molecule has 1 atom stereocenters. The Labute approximate surface area is 109 Å². The third kappa shape index (κ3) is 2.81. The Balaban J connectivity index is 2.11. The van der Waals surface area contributed by atoms with Crippen LogP contribution >= 0.6 is 22.9 Å². The van der Waals surface area contributed by atoms with Gasteiger partial charge in [0.2, 0.25) is 5.13 Å². The van der Waals surface area contributed by atoms with Crippen LogP contribution < -0.4 is 5.32 Å². The van der Waals surface area contributed by atoms with Gasteiger partial charge in [-0.25, -0.2) is 9.97 Å². The molecule has 6 heteroatoms. The summed E-state index contributed by atoms with van der Waals surface area (Å²) in [4.78, 5) is 10.1. The number of nitrogens with zero attached hydrogens (tertiary/aromatic N) is 3. The highest BCUT2D eigenvalue weighted by Gasteiger charge is 2.14. The molecule has 92 valence electrons. The van der Waals surface area contributed by atoms with E-state index in [0.29, 0.717) is 0 Å². The molecule has 0 fully saturated rings. The summed E-state index contributed by atoms with van der Waals surface area (Å²) >= 11 is 3.16. The zero-order chi connectivity index (χ0) is 12.4. The topological polar surface area (TPSA) is 50.7 Å². The first kappa shape index (κ1) is 12.4. The van der Waals surface area contributed by atoms with Crippen molar-refractivity contribution in [3.8, 4) is 0 Å². The van der Waals surface area contributed by atoms with E-state index in [9.17, 15) is 0 Å². The van der Waals surface area contributed by atoms with Gasteiger partial charge in [-0.2, -0.15) is 4.37 Å². The van der Waals surface area contributed by atoms with Crippen molar-refractivity contribution in [2.24, 2.45) is 0 Å². The third-order valence-electron chi connectivity index (χ3n) is 2.46. The molecular weight excluding hydrogens is 252 g/mol. The molecular formula is C11H16N4S2. The quantitative estimate of drug-likeness (QED) is 0.924. The Bertz CT molecular complexity index is 503. The number of thiazole rings is 1. The summed E-state index contributed by atoms with van der Waals surface area (Å²) in [6.07, 6.45) is 0.880. The van der Waals surface area contributed by atoms with Crippen LogP contribution in [0.5, 0.6) is 0 Å². The van der Waals surface area contributed by atoms with Crippen molar-refractivity contribution in [2.45, 2.75) is 40.2 Å². The first-order valence-electron chi connectivity index (χ1n) is 5.63. The van der Waals surface area contributed by atoms with E-state index in [0.717, 1.165) is 28.1 Å². The second-order valence-corrected chi connectivity index (χ2v) is 5.90. The van der Waals surface area contributed by atoms with Gasteiger partial charge in [-0.1, -0.05) is 6.92 Å². The first-order valence-corrected chi connectivity index (χ1v) is 7.22. The first-order chi connectivity index (χ1) is 8.10. The van der Waals surface area contributed by atoms with Gasteiger partial charge in [-0.3, -0.25) is 0 Å². The fourth-order valence-electron chi connectivity index (χ4n) is 1.66. The second kappa shape index (κ2) is 5.10. The van der Waals surface area contributed by atoms with Gasteiger partial charge in [0.25, 0.3) is 0 Å². The molecule has 1 N–H and O–H groups in total. The standard InChI is InChI=1S/C11H16N4S2/c1-5-9-14-11(17-15-9)13-7(3)10-6(2)12-8(4)16-10/h7H,5H2,1-4H3,(H,13,14,15). The van der Waals surface area contributed by atoms with Crippen molar-refractivity contribution in [1.29, 1.82) is 0 Å². The lowest BCUT2D eigenvalue weighted by Crippen LogP contribution is -2.06. The Morgan fingerprint density at radius 2 is 2.06 bits per heavy atom. The van der Waals surface area contributed by atoms with Crippen LogP contribution in [0.1, 0.15) is 41.3 Å². The molecule has 0 amide bonds. The molecule has 0 radical (unpaired) electrons. The molecule has 2 rings (SSSR count). The lowest BCUT2D eigenvalue weighted by molar-refractivity contribution is 0.881. The van der Waals surface area contributed by atoms with Crippen molar-refractivity contribution < 1.29 is 0 Å². The smallest absolute Gasteiger partial charge is 0.203 e. The number of anilines is 1. The van der Waals surface area contributed by atoms with Crippen molar-refractivity contribution in [3.05, 3.63) is 21.4 Å². The van der Waals surface area contributed by atoms with E-state index < -0.39 is 0 Å². The Kier molecular flexibility index (Phi) is 3.73. The normalized spacial score (nSPS) is 12.7. The van der Waals surface area contributed by atoms with E-state index in [-0.39, 0.29) is 6.04 Å². The van der Waals surface area contributed by atoms with Gasteiger partial charge in [0.05, 0.1) is 16.7 Å². The fourth-order valence-corrected chi connectivity index (χ4v) is 3.32. The molecule has 0 aliphatic carbocycles. The summed E-state index contributed by atoms with van der Waals surface area (Å²) < 4.78 is 4.26. The number of hydrogen-bond donors (Lipinski definition) is 1. The minimum Gasteiger partial charge on any atom is -0.353 e. The van der Waals surface area contributed by atoms with Gasteiger partial charge in [-0.15, -0.1) is 11.3 Å². The van der Waals surface area contributed by atoms with E-state index in [1.165, 1.54) is 16.4 Å². The van der Waals surface area contributed by atoms with Gasteiger partial charge < -0.3 is 5.32 Å². The highest BCUT2D eigenvalue weighted by atomic mass is 32.1. The van der Waals surface area contributed by atoms with Gasteiger partial charge in [-0.05, 0) is 20.8 Å². The molecule has 0 aliphatic rings. The number of rotatable bonds is 4. The van der Waals surface area contributed by atoms with Crippen LogP contribution in [0.15, 0.2) is 0 Å². The van der Waals surface area contributed by atoms with Crippen LogP contribution in [0.3, 0.4) is 0 Å². The van der Waals surface area contributed by atoms with Crippen LogP contribution in [-0.2, 0) is 6.42 Å². The number of aryl methyl sites for hydroxylation is 3. The van der Waals surface area contributed by atoms with Crippen molar-refractivity contribution in [2.75, 3.05) is 5.32 Å². The van der Waals surface area contributed by atoms with Gasteiger partial charge in [0, 0.05) is 22.8 Å². The Hall–Kier alpha value is -1.01. The monoisotopic (exact) mass is 268 g/mol. The molecule has 2 heterocycles. The molecule has 0 aromatic carbocycles. The maximum absolute atomic E-state index is 4.44. The summed E-state index contributed by atoms with van der Waals surface area (Å²) in [6, 6.07) is 0.235. The summed E-state index contributed by atoms with van der Waals surface area (Å²) in [7, 11) is 0. The van der Waals surface area contributed by atoms with E-state index in [1.807, 2.05) is 6.92 Å². The minimum atomic E-state index is 0.235. The molecule has 0 spiro atoms. The number of aromatic nitrogens is 3. The lowest BCUT2D eigenvalue weighted by atomic mass is 10.2. The summed E-state index contributed by atoms with van der Waals surface area (Å²) in [5.41, 5.74) is 1.10. The minimum absolute atomic E-state index is 0.235. The Morgan fingerprint density at radius 1 is 1.29 bits per heavy atom. The highest BCUT2D eigenvalue weighted by molar-refractivity contribution is 7.12. The highest BCUT2D eigenvalue weighted by Crippen LogP contribution is 2.27. The zero-order valence-electron chi connectivity index (χ0n) is 10.4. The van der Waals surface area contributed by atoms with E-state index in [2.05, 4.69) is 40.4 Å². The molecule has 0 bridgehead atoms. The molecule has 2 aromatic rings. The van der Waals surface area contributed by atoms with Crippen LogP contribution in [0.2, 0.25) is 0 Å². The maximum Gasteiger partial charge on any atom is 0.203 e. The molecule has 0 aliphatic heterocycles. The predicted octanol–water partition coefficient (Wildman–Crippen LogP) is 3.35. The van der Waals surface area contributed by atoms with Crippen LogP contribution in [0.4, 0.5) is 5.13 Å². The number of hydrogen-bond acceptors (Lipinski definition) is 6. The maximum atomic E-state index is 4.44. The molecule has 17 heavy (non-hydrogen) atoms. The van der Waals surface area contributed by atoms with Crippen molar-refractivity contribution in [1.82, 2.24) is 14.3 Å². The third-order valence-corrected chi connectivity index (χ3v) is 4.40. The predicted molar refractivity (Wildman–Crippen MR) is 72.9 cm³/mol. The second-order valence-electron chi connectivity index (χ2n) is 3.92. The van der Waals surface area contributed by atoms with Crippen LogP contribution in [0, 0.1) is 13.8 Å². The van der Waals surface area contributed by atoms with Crippen molar-refractivity contribution >= 4 is 28.0 Å². The van der Waals surface area contributed by atoms with Gasteiger partial charge in [0.1, 0.15) is 5.82 Å². The summed E-state index contributed by atoms with van der Waals surface area (Å²) in [5, 5.41) is 5.38. The SMILES string of the molecule is CCc1nsc(NC(C)c2sc(C)nc2C)n1. The zero-order valence-corrected chi connectivity index (χ0v) is 12.1. The average molecular weight is 268 g/mol. The molecule has 1 unspecified atom stereocenters. The van der Waals surface area contributed by atoms with Crippen molar-refractivity contribution in [3.63, 3.8) is 0 Å².